The topological polar surface area (TPSA) is 0 Å². The molecule has 0 saturated heterocycles. The number of halogens is 2. The molecule has 0 aromatic heterocycles. The summed E-state index contributed by atoms with van der Waals surface area (Å²) in [6.45, 7) is 2.25. The Kier molecular flexibility index (Phi) is 11.0. The molecule has 0 nitrogen and oxygen atoms in total. The SMILES string of the molecule is CC1C(c2ccccc2)=[C-]c2ccccc21.[Cl-].[Cl-].[Zr+4].c1cc[cH-]c1. The van der Waals surface area contributed by atoms with Gasteiger partial charge in [-0.25, -0.2) is 12.1 Å². The maximum absolute atomic E-state index is 3.52. The van der Waals surface area contributed by atoms with Crippen molar-refractivity contribution in [1.82, 2.24) is 0 Å². The van der Waals surface area contributed by atoms with Crippen LogP contribution in [0.4, 0.5) is 0 Å². The third-order valence-electron chi connectivity index (χ3n) is 3.77. The second-order valence-electron chi connectivity index (χ2n) is 5.18. The zero-order valence-electron chi connectivity index (χ0n) is 13.4. The Labute approximate surface area is 176 Å². The number of allylic oxidation sites excluding steroid dienone is 1. The first-order valence-corrected chi connectivity index (χ1v) is 7.31. The minimum Gasteiger partial charge on any atom is -1.00 e. The van der Waals surface area contributed by atoms with Crippen LogP contribution in [-0.4, -0.2) is 0 Å². The summed E-state index contributed by atoms with van der Waals surface area (Å²) in [4.78, 5) is 0. The van der Waals surface area contributed by atoms with E-state index in [1.165, 1.54) is 22.3 Å². The molecule has 0 aliphatic heterocycles. The van der Waals surface area contributed by atoms with Gasteiger partial charge in [-0.3, -0.25) is 0 Å². The largest absolute Gasteiger partial charge is 4.00 e. The molecule has 1 unspecified atom stereocenters. The van der Waals surface area contributed by atoms with Gasteiger partial charge in [-0.15, -0.1) is 41.0 Å². The van der Waals surface area contributed by atoms with Crippen molar-refractivity contribution >= 4 is 5.57 Å². The maximum Gasteiger partial charge on any atom is 4.00 e. The summed E-state index contributed by atoms with van der Waals surface area (Å²) in [5, 5.41) is 0. The molecule has 1 aliphatic rings. The van der Waals surface area contributed by atoms with Crippen LogP contribution in [0.1, 0.15) is 29.5 Å². The molecule has 4 rings (SSSR count). The fourth-order valence-electron chi connectivity index (χ4n) is 2.66. The summed E-state index contributed by atoms with van der Waals surface area (Å²) in [6.07, 6.45) is 3.52. The van der Waals surface area contributed by atoms with E-state index in [0.29, 0.717) is 5.92 Å². The molecular formula is C21H18Cl2Zr. The van der Waals surface area contributed by atoms with Crippen molar-refractivity contribution in [2.75, 3.05) is 0 Å². The van der Waals surface area contributed by atoms with E-state index in [1.54, 1.807) is 0 Å². The van der Waals surface area contributed by atoms with Crippen molar-refractivity contribution in [2.45, 2.75) is 12.8 Å². The number of rotatable bonds is 1. The summed E-state index contributed by atoms with van der Waals surface area (Å²) in [7, 11) is 0. The van der Waals surface area contributed by atoms with E-state index in [9.17, 15) is 0 Å². The Hall–Kier alpha value is -1.01. The maximum atomic E-state index is 3.52. The third kappa shape index (κ3) is 5.52. The van der Waals surface area contributed by atoms with Crippen LogP contribution in [0.2, 0.25) is 0 Å². The van der Waals surface area contributed by atoms with Gasteiger partial charge in [0.1, 0.15) is 0 Å². The van der Waals surface area contributed by atoms with Crippen molar-refractivity contribution in [3.63, 3.8) is 0 Å². The van der Waals surface area contributed by atoms with Crippen molar-refractivity contribution in [2.24, 2.45) is 0 Å². The van der Waals surface area contributed by atoms with Gasteiger partial charge < -0.3 is 24.8 Å². The summed E-state index contributed by atoms with van der Waals surface area (Å²) >= 11 is 0. The zero-order chi connectivity index (χ0) is 14.5. The molecule has 0 amide bonds. The van der Waals surface area contributed by atoms with Gasteiger partial charge in [0.2, 0.25) is 0 Å². The van der Waals surface area contributed by atoms with Crippen LogP contribution in [0.5, 0.6) is 0 Å². The van der Waals surface area contributed by atoms with Gasteiger partial charge >= 0.3 is 26.2 Å². The molecule has 0 bridgehead atoms. The Balaban J connectivity index is 0.000000578. The molecule has 0 saturated carbocycles. The number of benzene rings is 2. The van der Waals surface area contributed by atoms with E-state index >= 15 is 0 Å². The molecule has 3 heteroatoms. The molecule has 0 heterocycles. The monoisotopic (exact) mass is 430 g/mol. The van der Waals surface area contributed by atoms with Crippen molar-refractivity contribution in [3.8, 4) is 0 Å². The molecular weight excluding hydrogens is 414 g/mol. The second kappa shape index (κ2) is 11.5. The zero-order valence-corrected chi connectivity index (χ0v) is 17.4. The summed E-state index contributed by atoms with van der Waals surface area (Å²) in [5.74, 6) is 0.457. The first-order chi connectivity index (χ1) is 10.4. The molecule has 1 atom stereocenters. The molecule has 1 aliphatic carbocycles. The molecule has 3 aromatic carbocycles. The Morgan fingerprint density at radius 3 is 1.92 bits per heavy atom. The Bertz CT molecular complexity index is 701. The van der Waals surface area contributed by atoms with Gasteiger partial charge in [0.05, 0.1) is 0 Å². The third-order valence-corrected chi connectivity index (χ3v) is 3.77. The predicted molar refractivity (Wildman–Crippen MR) is 89.1 cm³/mol. The summed E-state index contributed by atoms with van der Waals surface area (Å²) < 4.78 is 0. The number of fused-ring (bicyclic) bond motifs is 1. The Morgan fingerprint density at radius 1 is 0.792 bits per heavy atom. The van der Waals surface area contributed by atoms with Crippen LogP contribution in [0.3, 0.4) is 0 Å². The molecule has 0 N–H and O–H groups in total. The van der Waals surface area contributed by atoms with Crippen LogP contribution in [0.15, 0.2) is 84.9 Å². The van der Waals surface area contributed by atoms with Crippen LogP contribution >= 0.6 is 0 Å². The molecule has 0 radical (unpaired) electrons. The van der Waals surface area contributed by atoms with Crippen LogP contribution in [0.25, 0.3) is 5.57 Å². The van der Waals surface area contributed by atoms with Crippen LogP contribution in [0, 0.1) is 6.08 Å². The average molecular weight is 433 g/mol. The van der Waals surface area contributed by atoms with E-state index in [0.717, 1.165) is 0 Å². The van der Waals surface area contributed by atoms with E-state index in [2.05, 4.69) is 67.6 Å². The van der Waals surface area contributed by atoms with Crippen molar-refractivity contribution in [3.05, 3.63) is 108 Å². The molecule has 0 spiro atoms. The van der Waals surface area contributed by atoms with Crippen molar-refractivity contribution in [1.29, 1.82) is 0 Å². The van der Waals surface area contributed by atoms with E-state index in [1.807, 2.05) is 30.3 Å². The second-order valence-corrected chi connectivity index (χ2v) is 5.18. The van der Waals surface area contributed by atoms with Crippen LogP contribution in [-0.2, 0) is 26.2 Å². The summed E-state index contributed by atoms with van der Waals surface area (Å²) in [5.41, 5.74) is 5.23. The van der Waals surface area contributed by atoms with E-state index in [-0.39, 0.29) is 51.0 Å². The van der Waals surface area contributed by atoms with Gasteiger partial charge in [-0.2, -0.15) is 18.2 Å². The van der Waals surface area contributed by atoms with Gasteiger partial charge in [0, 0.05) is 0 Å². The van der Waals surface area contributed by atoms with Gasteiger partial charge in [0.25, 0.3) is 0 Å². The normalized spacial score (nSPS) is 13.7. The van der Waals surface area contributed by atoms with E-state index < -0.39 is 0 Å². The average Bonchev–Trinajstić information content (AvgIpc) is 3.21. The van der Waals surface area contributed by atoms with Crippen LogP contribution < -0.4 is 24.8 Å². The molecule has 0 fully saturated rings. The standard InChI is InChI=1S/C16H13.C5H5.2ClH.Zr/c1-12-15-10-6-5-9-14(15)11-16(12)13-7-3-2-4-8-13;1-2-4-5-3-1;;;/h2-10,12H,1H3;1-5H;2*1H;/q2*-1;;;+4/p-2. The minimum absolute atomic E-state index is 0. The van der Waals surface area contributed by atoms with Gasteiger partial charge in [0.15, 0.2) is 0 Å². The van der Waals surface area contributed by atoms with Gasteiger partial charge in [-0.05, 0) is 5.92 Å². The summed E-state index contributed by atoms with van der Waals surface area (Å²) in [6, 6.07) is 29.0. The van der Waals surface area contributed by atoms with Crippen molar-refractivity contribution < 1.29 is 51.0 Å². The first-order valence-electron chi connectivity index (χ1n) is 7.31. The quantitative estimate of drug-likeness (QED) is 0.453. The number of hydrogen-bond acceptors (Lipinski definition) is 0. The van der Waals surface area contributed by atoms with E-state index in [4.69, 9.17) is 0 Å². The fourth-order valence-corrected chi connectivity index (χ4v) is 2.66. The predicted octanol–water partition coefficient (Wildman–Crippen LogP) is -0.550. The minimum atomic E-state index is 0. The first kappa shape index (κ1) is 23.0. The van der Waals surface area contributed by atoms with Gasteiger partial charge in [-0.1, -0.05) is 48.9 Å². The molecule has 120 valence electrons. The molecule has 3 aromatic rings. The fraction of sp³-hybridized carbons (Fsp3) is 0.0952. The number of hydrogen-bond donors (Lipinski definition) is 0. The smallest absolute Gasteiger partial charge is 1.00 e. The molecule has 24 heavy (non-hydrogen) atoms. The Morgan fingerprint density at radius 2 is 1.38 bits per heavy atom.